The lowest BCUT2D eigenvalue weighted by Gasteiger charge is -2.07. The van der Waals surface area contributed by atoms with Gasteiger partial charge in [-0.15, -0.1) is 0 Å². The van der Waals surface area contributed by atoms with Crippen LogP contribution in [0.1, 0.15) is 24.2 Å². The van der Waals surface area contributed by atoms with E-state index >= 15 is 0 Å². The molecule has 0 aliphatic rings. The number of nitrogens with zero attached hydrogens (tertiary/aromatic N) is 2. The van der Waals surface area contributed by atoms with Crippen molar-refractivity contribution in [3.05, 3.63) is 46.1 Å². The van der Waals surface area contributed by atoms with Crippen LogP contribution >= 0.6 is 0 Å². The largest absolute Gasteiger partial charge is 0.352 e. The maximum atomic E-state index is 12.1. The van der Waals surface area contributed by atoms with Crippen molar-refractivity contribution in [1.29, 1.82) is 0 Å². The first kappa shape index (κ1) is 14.7. The number of nitro benzene ring substituents is 1. The van der Waals surface area contributed by atoms with Crippen molar-refractivity contribution in [2.75, 3.05) is 6.54 Å². The van der Waals surface area contributed by atoms with E-state index < -0.39 is 4.92 Å². The predicted molar refractivity (Wildman–Crippen MR) is 77.8 cm³/mol. The summed E-state index contributed by atoms with van der Waals surface area (Å²) in [6.45, 7) is 4.59. The molecule has 0 saturated heterocycles. The summed E-state index contributed by atoms with van der Waals surface area (Å²) in [5.74, 6) is 0.134. The number of carbonyl (C=O) groups is 1. The minimum Gasteiger partial charge on any atom is -0.352 e. The Balaban J connectivity index is 2.23. The minimum absolute atomic E-state index is 0.00377. The first-order valence-electron chi connectivity index (χ1n) is 6.55. The number of amides is 1. The summed E-state index contributed by atoms with van der Waals surface area (Å²) in [5, 5.41) is 20.1. The normalized spacial score (nSPS) is 10.6. The smallest absolute Gasteiger partial charge is 0.269 e. The molecule has 0 aliphatic heterocycles. The Bertz CT molecular complexity index is 646. The van der Waals surface area contributed by atoms with Crippen LogP contribution in [0.5, 0.6) is 0 Å². The van der Waals surface area contributed by atoms with E-state index in [4.69, 9.17) is 0 Å². The van der Waals surface area contributed by atoms with Gasteiger partial charge in [0.05, 0.1) is 22.4 Å². The van der Waals surface area contributed by atoms with E-state index in [0.29, 0.717) is 29.3 Å². The Kier molecular flexibility index (Phi) is 4.32. The lowest BCUT2D eigenvalue weighted by Crippen LogP contribution is -2.27. The molecule has 110 valence electrons. The number of H-pyrrole nitrogens is 1. The van der Waals surface area contributed by atoms with Crippen molar-refractivity contribution in [1.82, 2.24) is 15.5 Å². The maximum Gasteiger partial charge on any atom is 0.269 e. The van der Waals surface area contributed by atoms with E-state index in [1.165, 1.54) is 18.3 Å². The zero-order chi connectivity index (χ0) is 15.4. The summed E-state index contributed by atoms with van der Waals surface area (Å²) in [7, 11) is 0. The lowest BCUT2D eigenvalue weighted by molar-refractivity contribution is -0.384. The van der Waals surface area contributed by atoms with Gasteiger partial charge in [0.15, 0.2) is 0 Å². The third-order valence-corrected chi connectivity index (χ3v) is 2.92. The Labute approximate surface area is 121 Å². The highest BCUT2D eigenvalue weighted by Gasteiger charge is 2.16. The second-order valence-corrected chi connectivity index (χ2v) is 5.07. The van der Waals surface area contributed by atoms with Gasteiger partial charge in [-0.3, -0.25) is 20.0 Å². The van der Waals surface area contributed by atoms with Gasteiger partial charge in [0, 0.05) is 24.2 Å². The standard InChI is InChI=1S/C14H16N4O3/c1-9(2)7-15-14(19)12-8-16-17-13(12)10-3-5-11(6-4-10)18(20)21/h3-6,8-9H,7H2,1-2H3,(H,15,19)(H,16,17). The molecule has 1 heterocycles. The molecular weight excluding hydrogens is 272 g/mol. The highest BCUT2D eigenvalue weighted by molar-refractivity contribution is 5.99. The van der Waals surface area contributed by atoms with Crippen LogP contribution in [0.3, 0.4) is 0 Å². The number of carbonyl (C=O) groups excluding carboxylic acids is 1. The zero-order valence-electron chi connectivity index (χ0n) is 11.8. The van der Waals surface area contributed by atoms with Gasteiger partial charge < -0.3 is 5.32 Å². The fourth-order valence-corrected chi connectivity index (χ4v) is 1.82. The first-order valence-corrected chi connectivity index (χ1v) is 6.55. The molecule has 0 unspecified atom stereocenters. The Hall–Kier alpha value is -2.70. The minimum atomic E-state index is -0.465. The van der Waals surface area contributed by atoms with Crippen LogP contribution in [-0.4, -0.2) is 27.6 Å². The van der Waals surface area contributed by atoms with Gasteiger partial charge in [0.25, 0.3) is 11.6 Å². The summed E-state index contributed by atoms with van der Waals surface area (Å²) in [6, 6.07) is 5.97. The van der Waals surface area contributed by atoms with Crippen LogP contribution in [0.25, 0.3) is 11.3 Å². The van der Waals surface area contributed by atoms with Gasteiger partial charge in [-0.25, -0.2) is 0 Å². The van der Waals surface area contributed by atoms with Crippen molar-refractivity contribution in [2.24, 2.45) is 5.92 Å². The number of benzene rings is 1. The van der Waals surface area contributed by atoms with E-state index in [-0.39, 0.29) is 11.6 Å². The molecule has 2 N–H and O–H groups in total. The highest BCUT2D eigenvalue weighted by Crippen LogP contribution is 2.23. The molecular formula is C14H16N4O3. The average molecular weight is 288 g/mol. The second kappa shape index (κ2) is 6.17. The molecule has 0 radical (unpaired) electrons. The Morgan fingerprint density at radius 3 is 2.62 bits per heavy atom. The maximum absolute atomic E-state index is 12.1. The number of hydrogen-bond donors (Lipinski definition) is 2. The third-order valence-electron chi connectivity index (χ3n) is 2.92. The second-order valence-electron chi connectivity index (χ2n) is 5.07. The summed E-state index contributed by atoms with van der Waals surface area (Å²) in [6.07, 6.45) is 1.45. The fourth-order valence-electron chi connectivity index (χ4n) is 1.82. The van der Waals surface area contributed by atoms with Gasteiger partial charge in [0.2, 0.25) is 0 Å². The van der Waals surface area contributed by atoms with Crippen molar-refractivity contribution >= 4 is 11.6 Å². The van der Waals surface area contributed by atoms with E-state index in [1.54, 1.807) is 12.1 Å². The molecule has 2 aromatic rings. The van der Waals surface area contributed by atoms with Crippen molar-refractivity contribution in [2.45, 2.75) is 13.8 Å². The molecule has 0 saturated carbocycles. The molecule has 7 heteroatoms. The van der Waals surface area contributed by atoms with Gasteiger partial charge in [-0.05, 0) is 18.1 Å². The molecule has 0 fully saturated rings. The van der Waals surface area contributed by atoms with Crippen LogP contribution < -0.4 is 5.32 Å². The van der Waals surface area contributed by atoms with Crippen LogP contribution in [0, 0.1) is 16.0 Å². The Morgan fingerprint density at radius 1 is 1.38 bits per heavy atom. The molecule has 0 atom stereocenters. The summed E-state index contributed by atoms with van der Waals surface area (Å²) < 4.78 is 0. The number of hydrogen-bond acceptors (Lipinski definition) is 4. The first-order chi connectivity index (χ1) is 9.99. The zero-order valence-corrected chi connectivity index (χ0v) is 11.8. The number of rotatable bonds is 5. The Morgan fingerprint density at radius 2 is 2.05 bits per heavy atom. The molecule has 1 aromatic carbocycles. The van der Waals surface area contributed by atoms with Crippen molar-refractivity contribution < 1.29 is 9.72 Å². The van der Waals surface area contributed by atoms with Crippen LogP contribution in [-0.2, 0) is 0 Å². The number of non-ortho nitro benzene ring substituents is 1. The van der Waals surface area contributed by atoms with Crippen LogP contribution in [0.15, 0.2) is 30.5 Å². The highest BCUT2D eigenvalue weighted by atomic mass is 16.6. The van der Waals surface area contributed by atoms with E-state index in [9.17, 15) is 14.9 Å². The quantitative estimate of drug-likeness (QED) is 0.651. The molecule has 1 aromatic heterocycles. The van der Waals surface area contributed by atoms with E-state index in [0.717, 1.165) is 0 Å². The topological polar surface area (TPSA) is 101 Å². The third kappa shape index (κ3) is 3.44. The van der Waals surface area contributed by atoms with Gasteiger partial charge in [-0.2, -0.15) is 5.10 Å². The van der Waals surface area contributed by atoms with Crippen LogP contribution in [0.4, 0.5) is 5.69 Å². The fraction of sp³-hybridized carbons (Fsp3) is 0.286. The van der Waals surface area contributed by atoms with Gasteiger partial charge in [-0.1, -0.05) is 13.8 Å². The SMILES string of the molecule is CC(C)CNC(=O)c1cn[nH]c1-c1ccc([N+](=O)[O-])cc1. The lowest BCUT2D eigenvalue weighted by atomic mass is 10.1. The van der Waals surface area contributed by atoms with Crippen molar-refractivity contribution in [3.8, 4) is 11.3 Å². The van der Waals surface area contributed by atoms with Crippen molar-refractivity contribution in [3.63, 3.8) is 0 Å². The van der Waals surface area contributed by atoms with Gasteiger partial charge >= 0.3 is 0 Å². The molecule has 2 rings (SSSR count). The molecule has 21 heavy (non-hydrogen) atoms. The van der Waals surface area contributed by atoms with Gasteiger partial charge in [0.1, 0.15) is 0 Å². The summed E-state index contributed by atoms with van der Waals surface area (Å²) in [5.41, 5.74) is 1.65. The average Bonchev–Trinajstić information content (AvgIpc) is 2.94. The number of nitrogens with one attached hydrogen (secondary N) is 2. The molecule has 7 nitrogen and oxygen atoms in total. The van der Waals surface area contributed by atoms with Crippen LogP contribution in [0.2, 0.25) is 0 Å². The monoisotopic (exact) mass is 288 g/mol. The molecule has 0 aliphatic carbocycles. The molecule has 1 amide bonds. The molecule has 0 spiro atoms. The number of aromatic nitrogens is 2. The summed E-state index contributed by atoms with van der Waals surface area (Å²) in [4.78, 5) is 22.3. The molecule has 0 bridgehead atoms. The van der Waals surface area contributed by atoms with E-state index in [1.807, 2.05) is 13.8 Å². The summed E-state index contributed by atoms with van der Waals surface area (Å²) >= 11 is 0. The van der Waals surface area contributed by atoms with E-state index in [2.05, 4.69) is 15.5 Å². The predicted octanol–water partition coefficient (Wildman–Crippen LogP) is 2.37. The number of aromatic amines is 1. The number of nitro groups is 1.